The van der Waals surface area contributed by atoms with E-state index >= 15 is 0 Å². The number of halogens is 1. The molecule has 1 amide bonds. The van der Waals surface area contributed by atoms with Crippen LogP contribution in [0.25, 0.3) is 0 Å². The monoisotopic (exact) mass is 283 g/mol. The zero-order chi connectivity index (χ0) is 13.2. The predicted octanol–water partition coefficient (Wildman–Crippen LogP) is 1.58. The van der Waals surface area contributed by atoms with Crippen LogP contribution in [-0.2, 0) is 4.74 Å². The van der Waals surface area contributed by atoms with Crippen LogP contribution in [0.2, 0.25) is 5.02 Å². The highest BCUT2D eigenvalue weighted by atomic mass is 35.5. The third kappa shape index (κ3) is 2.48. The van der Waals surface area contributed by atoms with Crippen LogP contribution in [0.5, 0.6) is 11.5 Å². The number of benzene rings is 1. The van der Waals surface area contributed by atoms with E-state index < -0.39 is 0 Å². The smallest absolute Gasteiger partial charge is 0.255 e. The van der Waals surface area contributed by atoms with Crippen molar-refractivity contribution < 1.29 is 19.0 Å². The lowest BCUT2D eigenvalue weighted by Gasteiger charge is -2.28. The molecule has 2 heterocycles. The molecule has 102 valence electrons. The molecule has 19 heavy (non-hydrogen) atoms. The van der Waals surface area contributed by atoms with E-state index in [2.05, 4.69) is 0 Å². The number of fused-ring (bicyclic) bond motifs is 1. The number of carbonyl (C=O) groups excluding carboxylic acids is 1. The number of morpholine rings is 1. The minimum atomic E-state index is -0.0923. The van der Waals surface area contributed by atoms with E-state index in [1.807, 2.05) is 0 Å². The van der Waals surface area contributed by atoms with E-state index in [4.69, 9.17) is 25.8 Å². The molecule has 1 fully saturated rings. The van der Waals surface area contributed by atoms with Gasteiger partial charge in [0.1, 0.15) is 13.2 Å². The quantitative estimate of drug-likeness (QED) is 0.785. The van der Waals surface area contributed by atoms with Gasteiger partial charge >= 0.3 is 0 Å². The molecule has 0 aliphatic carbocycles. The van der Waals surface area contributed by atoms with Crippen LogP contribution >= 0.6 is 11.6 Å². The van der Waals surface area contributed by atoms with Crippen LogP contribution in [-0.4, -0.2) is 50.3 Å². The molecule has 2 aliphatic heterocycles. The molecule has 1 aromatic carbocycles. The van der Waals surface area contributed by atoms with Crippen molar-refractivity contribution in [1.29, 1.82) is 0 Å². The standard InChI is InChI=1S/C13H14ClNO4/c14-10-8-12-11(18-5-6-19-12)7-9(10)13(16)15-1-3-17-4-2-15/h7-8H,1-6H2. The summed E-state index contributed by atoms with van der Waals surface area (Å²) in [5.41, 5.74) is 0.452. The summed E-state index contributed by atoms with van der Waals surface area (Å²) in [7, 11) is 0. The summed E-state index contributed by atoms with van der Waals surface area (Å²) in [4.78, 5) is 14.1. The number of rotatable bonds is 1. The third-order valence-electron chi connectivity index (χ3n) is 3.16. The average Bonchev–Trinajstić information content (AvgIpc) is 2.47. The van der Waals surface area contributed by atoms with E-state index in [9.17, 15) is 4.79 Å². The van der Waals surface area contributed by atoms with Crippen LogP contribution in [0.3, 0.4) is 0 Å². The van der Waals surface area contributed by atoms with Crippen molar-refractivity contribution in [3.8, 4) is 11.5 Å². The summed E-state index contributed by atoms with van der Waals surface area (Å²) < 4.78 is 16.1. The Bertz CT molecular complexity index is 500. The van der Waals surface area contributed by atoms with Gasteiger partial charge in [-0.15, -0.1) is 0 Å². The second kappa shape index (κ2) is 5.27. The lowest BCUT2D eigenvalue weighted by atomic mass is 10.1. The minimum Gasteiger partial charge on any atom is -0.486 e. The summed E-state index contributed by atoms with van der Waals surface area (Å²) in [5, 5.41) is 0.390. The fourth-order valence-electron chi connectivity index (χ4n) is 2.16. The SMILES string of the molecule is O=C(c1cc2c(cc1Cl)OCCO2)N1CCOCC1. The molecule has 6 heteroatoms. The fourth-order valence-corrected chi connectivity index (χ4v) is 2.40. The summed E-state index contributed by atoms with van der Waals surface area (Å²) >= 11 is 6.16. The first-order valence-corrected chi connectivity index (χ1v) is 6.59. The summed E-state index contributed by atoms with van der Waals surface area (Å²) in [6, 6.07) is 3.30. The molecule has 0 bridgehead atoms. The number of amides is 1. The maximum absolute atomic E-state index is 12.4. The Labute approximate surface area is 116 Å². The van der Waals surface area contributed by atoms with Gasteiger partial charge in [0.05, 0.1) is 23.8 Å². The predicted molar refractivity (Wildman–Crippen MR) is 69.2 cm³/mol. The molecule has 1 saturated heterocycles. The maximum atomic E-state index is 12.4. The molecule has 0 N–H and O–H groups in total. The van der Waals surface area contributed by atoms with Gasteiger partial charge in [-0.2, -0.15) is 0 Å². The molecule has 0 saturated carbocycles. The van der Waals surface area contributed by atoms with Crippen molar-refractivity contribution in [1.82, 2.24) is 4.90 Å². The van der Waals surface area contributed by atoms with Crippen LogP contribution in [0.15, 0.2) is 12.1 Å². The highest BCUT2D eigenvalue weighted by molar-refractivity contribution is 6.34. The number of ether oxygens (including phenoxy) is 3. The van der Waals surface area contributed by atoms with Crippen molar-refractivity contribution in [2.24, 2.45) is 0 Å². The molecule has 3 rings (SSSR count). The molecular formula is C13H14ClNO4. The lowest BCUT2D eigenvalue weighted by molar-refractivity contribution is 0.0302. The Morgan fingerprint density at radius 1 is 1.05 bits per heavy atom. The number of hydrogen-bond acceptors (Lipinski definition) is 4. The van der Waals surface area contributed by atoms with Gasteiger partial charge in [-0.3, -0.25) is 4.79 Å². The van der Waals surface area contributed by atoms with Crippen LogP contribution in [0, 0.1) is 0 Å². The van der Waals surface area contributed by atoms with Crippen molar-refractivity contribution >= 4 is 17.5 Å². The van der Waals surface area contributed by atoms with E-state index in [0.29, 0.717) is 61.6 Å². The van der Waals surface area contributed by atoms with Gasteiger partial charge < -0.3 is 19.1 Å². The number of nitrogens with zero attached hydrogens (tertiary/aromatic N) is 1. The zero-order valence-corrected chi connectivity index (χ0v) is 11.1. The summed E-state index contributed by atoms with van der Waals surface area (Å²) in [5.74, 6) is 1.08. The van der Waals surface area contributed by atoms with Crippen LogP contribution in [0.4, 0.5) is 0 Å². The molecule has 1 aromatic rings. The van der Waals surface area contributed by atoms with Gasteiger partial charge in [-0.25, -0.2) is 0 Å². The topological polar surface area (TPSA) is 48.0 Å². The van der Waals surface area contributed by atoms with Gasteiger partial charge in [0.2, 0.25) is 0 Å². The summed E-state index contributed by atoms with van der Waals surface area (Å²) in [6.45, 7) is 3.29. The van der Waals surface area contributed by atoms with Crippen LogP contribution in [0.1, 0.15) is 10.4 Å². The third-order valence-corrected chi connectivity index (χ3v) is 3.47. The van der Waals surface area contributed by atoms with Gasteiger partial charge in [0.15, 0.2) is 11.5 Å². The average molecular weight is 284 g/mol. The number of hydrogen-bond donors (Lipinski definition) is 0. The Morgan fingerprint density at radius 2 is 1.68 bits per heavy atom. The lowest BCUT2D eigenvalue weighted by Crippen LogP contribution is -2.40. The van der Waals surface area contributed by atoms with Gasteiger partial charge in [-0.1, -0.05) is 11.6 Å². The van der Waals surface area contributed by atoms with Gasteiger partial charge in [0.25, 0.3) is 5.91 Å². The second-order valence-electron chi connectivity index (χ2n) is 4.38. The molecule has 0 aromatic heterocycles. The Hall–Kier alpha value is -1.46. The van der Waals surface area contributed by atoms with E-state index in [0.717, 1.165) is 0 Å². The first-order chi connectivity index (χ1) is 9.25. The first-order valence-electron chi connectivity index (χ1n) is 6.22. The van der Waals surface area contributed by atoms with Crippen molar-refractivity contribution in [2.45, 2.75) is 0 Å². The molecule has 0 atom stereocenters. The molecular weight excluding hydrogens is 270 g/mol. The second-order valence-corrected chi connectivity index (χ2v) is 4.79. The fraction of sp³-hybridized carbons (Fsp3) is 0.462. The largest absolute Gasteiger partial charge is 0.486 e. The Morgan fingerprint density at radius 3 is 2.37 bits per heavy atom. The molecule has 0 radical (unpaired) electrons. The summed E-state index contributed by atoms with van der Waals surface area (Å²) in [6.07, 6.45) is 0. The normalized spacial score (nSPS) is 18.3. The van der Waals surface area contributed by atoms with E-state index in [1.54, 1.807) is 17.0 Å². The highest BCUT2D eigenvalue weighted by Gasteiger charge is 2.24. The van der Waals surface area contributed by atoms with Crippen LogP contribution < -0.4 is 9.47 Å². The molecule has 5 nitrogen and oxygen atoms in total. The van der Waals surface area contributed by atoms with Gasteiger partial charge in [0, 0.05) is 19.2 Å². The van der Waals surface area contributed by atoms with Crippen molar-refractivity contribution in [2.75, 3.05) is 39.5 Å². The van der Waals surface area contributed by atoms with E-state index in [1.165, 1.54) is 0 Å². The molecule has 0 spiro atoms. The van der Waals surface area contributed by atoms with Crippen molar-refractivity contribution in [3.05, 3.63) is 22.7 Å². The zero-order valence-electron chi connectivity index (χ0n) is 10.4. The van der Waals surface area contributed by atoms with E-state index in [-0.39, 0.29) is 5.91 Å². The van der Waals surface area contributed by atoms with Gasteiger partial charge in [-0.05, 0) is 6.07 Å². The highest BCUT2D eigenvalue weighted by Crippen LogP contribution is 2.35. The maximum Gasteiger partial charge on any atom is 0.255 e. The Balaban J connectivity index is 1.89. The van der Waals surface area contributed by atoms with Crippen molar-refractivity contribution in [3.63, 3.8) is 0 Å². The molecule has 2 aliphatic rings. The Kier molecular flexibility index (Phi) is 3.48. The first kappa shape index (κ1) is 12.6. The minimum absolute atomic E-state index is 0.0923. The molecule has 0 unspecified atom stereocenters. The number of carbonyl (C=O) groups is 1.